The Bertz CT molecular complexity index is 830. The van der Waals surface area contributed by atoms with E-state index < -0.39 is 0 Å². The van der Waals surface area contributed by atoms with Gasteiger partial charge in [0.1, 0.15) is 0 Å². The molecule has 0 nitrogen and oxygen atoms in total. The summed E-state index contributed by atoms with van der Waals surface area (Å²) < 4.78 is 0.785. The lowest BCUT2D eigenvalue weighted by Gasteiger charge is -2.70. The molecule has 0 spiro atoms. The van der Waals surface area contributed by atoms with Gasteiger partial charge < -0.3 is 0 Å². The molecule has 1 aliphatic heterocycles. The SMILES string of the molecule is SCC1C(CS)C2C3CC(C12)C1C3C2C3CC(C4C5CSC(C6C=CC=C6)SCC5C34)C12. The summed E-state index contributed by atoms with van der Waals surface area (Å²) in [6.07, 6.45) is 12.7. The summed E-state index contributed by atoms with van der Waals surface area (Å²) in [6.45, 7) is 0. The summed E-state index contributed by atoms with van der Waals surface area (Å²) in [4.78, 5) is 0. The monoisotopic (exact) mass is 500 g/mol. The summed E-state index contributed by atoms with van der Waals surface area (Å²) in [5, 5.41) is 0. The van der Waals surface area contributed by atoms with Crippen molar-refractivity contribution in [1.29, 1.82) is 0 Å². The molecule has 1 heterocycles. The van der Waals surface area contributed by atoms with Crippen LogP contribution in [0.1, 0.15) is 12.8 Å². The van der Waals surface area contributed by atoms with Gasteiger partial charge in [0.05, 0.1) is 4.58 Å². The van der Waals surface area contributed by atoms with Crippen LogP contribution in [0.5, 0.6) is 0 Å². The predicted molar refractivity (Wildman–Crippen MR) is 143 cm³/mol. The first-order chi connectivity index (χ1) is 15.8. The zero-order valence-corrected chi connectivity index (χ0v) is 22.1. The fourth-order valence-corrected chi connectivity index (χ4v) is 17.2. The second-order valence-corrected chi connectivity index (χ2v) is 16.5. The first kappa shape index (κ1) is 20.0. The molecular formula is C28H36S4. The minimum atomic E-state index is 0.695. The summed E-state index contributed by atoms with van der Waals surface area (Å²) in [5.41, 5.74) is 0. The summed E-state index contributed by atoms with van der Waals surface area (Å²) >= 11 is 14.3. The van der Waals surface area contributed by atoms with Crippen LogP contribution in [0, 0.1) is 101 Å². The number of thiol groups is 2. The van der Waals surface area contributed by atoms with Crippen molar-refractivity contribution in [3.8, 4) is 0 Å². The Hall–Kier alpha value is 0.880. The molecule has 0 radical (unpaired) electrons. The van der Waals surface area contributed by atoms with Crippen LogP contribution in [0.4, 0.5) is 0 Å². The van der Waals surface area contributed by atoms with Crippen molar-refractivity contribution in [3.05, 3.63) is 24.3 Å². The lowest BCUT2D eigenvalue weighted by Crippen LogP contribution is -2.67. The third-order valence-electron chi connectivity index (χ3n) is 13.2. The van der Waals surface area contributed by atoms with Gasteiger partial charge in [-0.1, -0.05) is 24.3 Å². The molecule has 4 bridgehead atoms. The first-order valence-corrected chi connectivity index (χ1v) is 17.0. The molecule has 0 aromatic heterocycles. The van der Waals surface area contributed by atoms with Gasteiger partial charge in [0, 0.05) is 5.92 Å². The van der Waals surface area contributed by atoms with Gasteiger partial charge in [-0.2, -0.15) is 25.3 Å². The van der Waals surface area contributed by atoms with Gasteiger partial charge in [-0.25, -0.2) is 0 Å². The van der Waals surface area contributed by atoms with Crippen LogP contribution in [0.3, 0.4) is 0 Å². The van der Waals surface area contributed by atoms with E-state index in [0.717, 1.165) is 111 Å². The van der Waals surface area contributed by atoms with E-state index in [-0.39, 0.29) is 0 Å². The highest BCUT2D eigenvalue weighted by Gasteiger charge is 2.81. The molecule has 4 heteroatoms. The standard InChI is InChI=1S/C28H36S4/c29-7-16-17(8-30)21-13-5-12(20(16)21)24-25(13)27-15-6-14(26(24)27)22-18-9-31-28(11-3-1-2-4-11)32-10-19(18)23(15)22/h1-4,11-30H,5-10H2. The lowest BCUT2D eigenvalue weighted by molar-refractivity contribution is -0.220. The number of hydrogen-bond donors (Lipinski definition) is 2. The second-order valence-electron chi connectivity index (χ2n) is 13.1. The van der Waals surface area contributed by atoms with E-state index in [1.165, 1.54) is 11.5 Å². The molecule has 0 N–H and O–H groups in total. The van der Waals surface area contributed by atoms with Crippen LogP contribution in [-0.4, -0.2) is 27.6 Å². The van der Waals surface area contributed by atoms with Gasteiger partial charge >= 0.3 is 0 Å². The van der Waals surface area contributed by atoms with Crippen molar-refractivity contribution in [3.63, 3.8) is 0 Å². The zero-order valence-electron chi connectivity index (χ0n) is 18.7. The fraction of sp³-hybridized carbons (Fsp3) is 0.857. The van der Waals surface area contributed by atoms with E-state index in [1.54, 1.807) is 12.8 Å². The topological polar surface area (TPSA) is 0 Å². The van der Waals surface area contributed by atoms with Crippen molar-refractivity contribution >= 4 is 48.8 Å². The molecule has 0 amide bonds. The lowest BCUT2D eigenvalue weighted by atomic mass is 9.35. The highest BCUT2D eigenvalue weighted by Crippen LogP contribution is 2.85. The quantitative estimate of drug-likeness (QED) is 0.353. The van der Waals surface area contributed by atoms with Crippen molar-refractivity contribution in [2.24, 2.45) is 101 Å². The number of thioether (sulfide) groups is 2. The molecule has 16 atom stereocenters. The van der Waals surface area contributed by atoms with Gasteiger partial charge in [0.2, 0.25) is 0 Å². The van der Waals surface area contributed by atoms with E-state index in [4.69, 9.17) is 25.3 Å². The first-order valence-electron chi connectivity index (χ1n) is 13.6. The maximum Gasteiger partial charge on any atom is 0.0599 e. The van der Waals surface area contributed by atoms with E-state index in [1.807, 2.05) is 0 Å². The Morgan fingerprint density at radius 3 is 1.44 bits per heavy atom. The van der Waals surface area contributed by atoms with Crippen molar-refractivity contribution < 1.29 is 0 Å². The molecular weight excluding hydrogens is 465 g/mol. The molecule has 7 saturated carbocycles. The average Bonchev–Trinajstić information content (AvgIpc) is 3.51. The Balaban J connectivity index is 0.978. The number of allylic oxidation sites excluding steroid dienone is 4. The number of rotatable bonds is 3. The van der Waals surface area contributed by atoms with Gasteiger partial charge in [-0.05, 0) is 131 Å². The van der Waals surface area contributed by atoms with Crippen LogP contribution in [0.25, 0.3) is 0 Å². The normalized spacial score (nSPS) is 66.5. The molecule has 0 aromatic carbocycles. The Morgan fingerprint density at radius 2 is 1.00 bits per heavy atom. The molecule has 0 aromatic rings. The Morgan fingerprint density at radius 1 is 0.562 bits per heavy atom. The van der Waals surface area contributed by atoms with Crippen LogP contribution < -0.4 is 0 Å². The van der Waals surface area contributed by atoms with Gasteiger partial charge in [0.25, 0.3) is 0 Å². The van der Waals surface area contributed by atoms with Gasteiger partial charge in [-0.15, -0.1) is 23.5 Å². The average molecular weight is 501 g/mol. The van der Waals surface area contributed by atoms with Crippen LogP contribution in [-0.2, 0) is 0 Å². The molecule has 16 unspecified atom stereocenters. The molecule has 9 rings (SSSR count). The number of hydrogen-bond acceptors (Lipinski definition) is 4. The van der Waals surface area contributed by atoms with E-state index in [0.29, 0.717) is 5.92 Å². The Kier molecular flexibility index (Phi) is 4.25. The summed E-state index contributed by atoms with van der Waals surface area (Å²) in [6, 6.07) is 0. The van der Waals surface area contributed by atoms with Crippen LogP contribution >= 0.6 is 48.8 Å². The van der Waals surface area contributed by atoms with Crippen molar-refractivity contribution in [2.75, 3.05) is 23.0 Å². The maximum absolute atomic E-state index is 4.81. The minimum Gasteiger partial charge on any atom is -0.179 e. The largest absolute Gasteiger partial charge is 0.179 e. The fourth-order valence-electron chi connectivity index (χ4n) is 12.8. The zero-order chi connectivity index (χ0) is 20.9. The molecule has 32 heavy (non-hydrogen) atoms. The number of fused-ring (bicyclic) bond motifs is 21. The third kappa shape index (κ3) is 2.13. The van der Waals surface area contributed by atoms with E-state index in [2.05, 4.69) is 47.8 Å². The minimum absolute atomic E-state index is 0.695. The predicted octanol–water partition coefficient (Wildman–Crippen LogP) is 6.13. The van der Waals surface area contributed by atoms with Crippen LogP contribution in [0.2, 0.25) is 0 Å². The molecule has 9 aliphatic rings. The Labute approximate surface area is 213 Å². The molecule has 8 aliphatic carbocycles. The summed E-state index contributed by atoms with van der Waals surface area (Å²) in [7, 11) is 0. The second kappa shape index (κ2) is 6.80. The molecule has 1 saturated heterocycles. The molecule has 172 valence electrons. The highest BCUT2D eigenvalue weighted by molar-refractivity contribution is 8.17. The summed E-state index contributed by atoms with van der Waals surface area (Å²) in [5.74, 6) is 23.3. The van der Waals surface area contributed by atoms with Gasteiger partial charge in [0.15, 0.2) is 0 Å². The van der Waals surface area contributed by atoms with Crippen LogP contribution in [0.15, 0.2) is 24.3 Å². The third-order valence-corrected chi connectivity index (χ3v) is 17.3. The van der Waals surface area contributed by atoms with Crippen molar-refractivity contribution in [2.45, 2.75) is 17.4 Å². The highest BCUT2D eigenvalue weighted by atomic mass is 32.2. The van der Waals surface area contributed by atoms with E-state index >= 15 is 0 Å². The van der Waals surface area contributed by atoms with Crippen molar-refractivity contribution in [1.82, 2.24) is 0 Å². The smallest absolute Gasteiger partial charge is 0.0599 e. The maximum atomic E-state index is 4.81. The van der Waals surface area contributed by atoms with Gasteiger partial charge in [-0.3, -0.25) is 0 Å². The molecule has 8 fully saturated rings. The van der Waals surface area contributed by atoms with E-state index in [9.17, 15) is 0 Å².